The van der Waals surface area contributed by atoms with E-state index >= 15 is 0 Å². The summed E-state index contributed by atoms with van der Waals surface area (Å²) in [5.41, 5.74) is 10.3. The summed E-state index contributed by atoms with van der Waals surface area (Å²) in [6, 6.07) is -0.675. The Morgan fingerprint density at radius 2 is 1.92 bits per heavy atom. The zero-order valence-corrected chi connectivity index (χ0v) is 14.7. The lowest BCUT2D eigenvalue weighted by molar-refractivity contribution is -0.223. The van der Waals surface area contributed by atoms with Gasteiger partial charge in [0.1, 0.15) is 6.04 Å². The van der Waals surface area contributed by atoms with Gasteiger partial charge in [0.15, 0.2) is 0 Å². The fraction of sp³-hybridized carbons (Fsp3) is 0.667. The molecule has 10 heteroatoms. The smallest absolute Gasteiger partial charge is 0.326 e. The van der Waals surface area contributed by atoms with Crippen LogP contribution in [0, 0.1) is 5.92 Å². The van der Waals surface area contributed by atoms with Crippen LogP contribution in [-0.4, -0.2) is 70.2 Å². The summed E-state index contributed by atoms with van der Waals surface area (Å²) in [6.07, 6.45) is 1.27. The number of nitrogens with two attached hydrogens (primary N) is 2. The van der Waals surface area contributed by atoms with Gasteiger partial charge in [-0.05, 0) is 25.3 Å². The number of carbonyl (C=O) groups excluding carboxylic acids is 2. The summed E-state index contributed by atoms with van der Waals surface area (Å²) in [4.78, 5) is 39.4. The molecule has 144 valence electrons. The van der Waals surface area contributed by atoms with Crippen LogP contribution >= 0.6 is 0 Å². The van der Waals surface area contributed by atoms with Crippen LogP contribution in [0.3, 0.4) is 0 Å². The maximum atomic E-state index is 11.2. The van der Waals surface area contributed by atoms with Crippen LogP contribution < -0.4 is 11.5 Å². The summed E-state index contributed by atoms with van der Waals surface area (Å²) in [6.45, 7) is 7.87. The molecule has 0 saturated carbocycles. The van der Waals surface area contributed by atoms with Gasteiger partial charge in [0.25, 0.3) is 0 Å². The SMILES string of the molecule is C=C(OO)N(CCC)C(=O)CN.C[C@@H]1CC(C(=O)O)N(C(=O)CN)C1. The van der Waals surface area contributed by atoms with Crippen molar-refractivity contribution in [3.05, 3.63) is 12.5 Å². The van der Waals surface area contributed by atoms with Crippen molar-refractivity contribution in [1.82, 2.24) is 9.80 Å². The Morgan fingerprint density at radius 1 is 1.32 bits per heavy atom. The summed E-state index contributed by atoms with van der Waals surface area (Å²) >= 11 is 0. The van der Waals surface area contributed by atoms with Crippen LogP contribution in [0.4, 0.5) is 0 Å². The van der Waals surface area contributed by atoms with Crippen LogP contribution in [0.5, 0.6) is 0 Å². The Balaban J connectivity index is 0.000000463. The van der Waals surface area contributed by atoms with Crippen molar-refractivity contribution in [2.75, 3.05) is 26.2 Å². The van der Waals surface area contributed by atoms with E-state index in [1.54, 1.807) is 0 Å². The van der Waals surface area contributed by atoms with Gasteiger partial charge < -0.3 is 26.4 Å². The number of carbonyl (C=O) groups is 3. The molecule has 1 fully saturated rings. The first-order valence-corrected chi connectivity index (χ1v) is 7.96. The van der Waals surface area contributed by atoms with E-state index in [0.29, 0.717) is 19.5 Å². The average Bonchev–Trinajstić information content (AvgIpc) is 3.00. The second kappa shape index (κ2) is 11.4. The lowest BCUT2D eigenvalue weighted by Crippen LogP contribution is -2.43. The summed E-state index contributed by atoms with van der Waals surface area (Å²) in [5, 5.41) is 17.1. The Kier molecular flexibility index (Phi) is 10.4. The van der Waals surface area contributed by atoms with Crippen LogP contribution in [0.2, 0.25) is 0 Å². The first-order chi connectivity index (χ1) is 11.7. The first kappa shape index (κ1) is 22.8. The molecule has 1 aliphatic heterocycles. The average molecular weight is 360 g/mol. The molecule has 1 heterocycles. The number of rotatable bonds is 7. The zero-order valence-electron chi connectivity index (χ0n) is 14.7. The quantitative estimate of drug-likeness (QED) is 0.266. The molecule has 1 saturated heterocycles. The molecule has 0 radical (unpaired) electrons. The summed E-state index contributed by atoms with van der Waals surface area (Å²) < 4.78 is 0. The van der Waals surface area contributed by atoms with E-state index in [1.807, 2.05) is 13.8 Å². The highest BCUT2D eigenvalue weighted by Gasteiger charge is 2.36. The zero-order chi connectivity index (χ0) is 19.6. The molecule has 0 aromatic carbocycles. The maximum absolute atomic E-state index is 11.2. The number of aliphatic carboxylic acids is 1. The van der Waals surface area contributed by atoms with E-state index in [0.717, 1.165) is 6.42 Å². The molecule has 1 aliphatic rings. The van der Waals surface area contributed by atoms with Gasteiger partial charge in [-0.3, -0.25) is 14.5 Å². The maximum Gasteiger partial charge on any atom is 0.326 e. The number of nitrogens with zero attached hydrogens (tertiary/aromatic N) is 2. The molecule has 0 spiro atoms. The van der Waals surface area contributed by atoms with Crippen molar-refractivity contribution < 1.29 is 29.6 Å². The molecule has 2 atom stereocenters. The van der Waals surface area contributed by atoms with Gasteiger partial charge in [-0.15, -0.1) is 0 Å². The van der Waals surface area contributed by atoms with Crippen LogP contribution in [-0.2, 0) is 19.3 Å². The second-order valence-corrected chi connectivity index (χ2v) is 5.68. The van der Waals surface area contributed by atoms with E-state index < -0.39 is 12.0 Å². The molecule has 6 N–H and O–H groups in total. The fourth-order valence-electron chi connectivity index (χ4n) is 2.44. The lowest BCUT2D eigenvalue weighted by Gasteiger charge is -2.20. The highest BCUT2D eigenvalue weighted by atomic mass is 17.1. The Morgan fingerprint density at radius 3 is 2.32 bits per heavy atom. The number of likely N-dealkylation sites (tertiary alicyclic amines) is 1. The Hall–Kier alpha value is -2.17. The van der Waals surface area contributed by atoms with Crippen molar-refractivity contribution >= 4 is 17.8 Å². The van der Waals surface area contributed by atoms with E-state index in [1.165, 1.54) is 9.80 Å². The second-order valence-electron chi connectivity index (χ2n) is 5.68. The van der Waals surface area contributed by atoms with Gasteiger partial charge in [-0.25, -0.2) is 10.1 Å². The number of hydrogen-bond acceptors (Lipinski definition) is 7. The van der Waals surface area contributed by atoms with Crippen LogP contribution in [0.25, 0.3) is 0 Å². The molecule has 0 aliphatic carbocycles. The highest BCUT2D eigenvalue weighted by molar-refractivity contribution is 5.85. The van der Waals surface area contributed by atoms with Crippen molar-refractivity contribution in [1.29, 1.82) is 0 Å². The van der Waals surface area contributed by atoms with Gasteiger partial charge in [0, 0.05) is 13.1 Å². The lowest BCUT2D eigenvalue weighted by atomic mass is 10.1. The number of carboxylic acids is 1. The predicted octanol–water partition coefficient (Wildman–Crippen LogP) is -0.589. The number of carboxylic acid groups (broad SMARTS) is 1. The van der Waals surface area contributed by atoms with Crippen molar-refractivity contribution in [3.8, 4) is 0 Å². The van der Waals surface area contributed by atoms with Gasteiger partial charge in [-0.1, -0.05) is 13.8 Å². The van der Waals surface area contributed by atoms with E-state index in [4.69, 9.17) is 21.8 Å². The Bertz CT molecular complexity index is 469. The molecule has 10 nitrogen and oxygen atoms in total. The van der Waals surface area contributed by atoms with Gasteiger partial charge in [-0.2, -0.15) is 0 Å². The van der Waals surface area contributed by atoms with Crippen molar-refractivity contribution in [2.45, 2.75) is 32.7 Å². The van der Waals surface area contributed by atoms with Crippen molar-refractivity contribution in [3.63, 3.8) is 0 Å². The molecule has 1 rings (SSSR count). The fourth-order valence-corrected chi connectivity index (χ4v) is 2.44. The van der Waals surface area contributed by atoms with E-state index in [-0.39, 0.29) is 36.7 Å². The molecule has 25 heavy (non-hydrogen) atoms. The van der Waals surface area contributed by atoms with Gasteiger partial charge >= 0.3 is 5.97 Å². The minimum Gasteiger partial charge on any atom is -0.480 e. The molecule has 1 unspecified atom stereocenters. The van der Waals surface area contributed by atoms with E-state index in [9.17, 15) is 14.4 Å². The number of amides is 2. The third kappa shape index (κ3) is 7.08. The summed E-state index contributed by atoms with van der Waals surface area (Å²) in [7, 11) is 0. The minimum atomic E-state index is -0.939. The third-order valence-electron chi connectivity index (χ3n) is 3.62. The van der Waals surface area contributed by atoms with Crippen molar-refractivity contribution in [2.24, 2.45) is 17.4 Å². The number of hydrogen-bond donors (Lipinski definition) is 4. The minimum absolute atomic E-state index is 0.0905. The molecule has 0 aromatic rings. The largest absolute Gasteiger partial charge is 0.480 e. The third-order valence-corrected chi connectivity index (χ3v) is 3.62. The first-order valence-electron chi connectivity index (χ1n) is 7.96. The highest BCUT2D eigenvalue weighted by Crippen LogP contribution is 2.22. The van der Waals surface area contributed by atoms with E-state index in [2.05, 4.69) is 11.5 Å². The molecular formula is C15H28N4O6. The van der Waals surface area contributed by atoms with Crippen LogP contribution in [0.15, 0.2) is 12.5 Å². The Labute approximate surface area is 146 Å². The topological polar surface area (TPSA) is 159 Å². The van der Waals surface area contributed by atoms with Crippen LogP contribution in [0.1, 0.15) is 26.7 Å². The monoisotopic (exact) mass is 360 g/mol. The van der Waals surface area contributed by atoms with Gasteiger partial charge in [0.05, 0.1) is 13.1 Å². The molecular weight excluding hydrogens is 332 g/mol. The molecule has 0 aromatic heterocycles. The van der Waals surface area contributed by atoms with Gasteiger partial charge in [0.2, 0.25) is 17.7 Å². The molecule has 0 bridgehead atoms. The normalized spacial score (nSPS) is 18.8. The molecule has 2 amide bonds. The summed E-state index contributed by atoms with van der Waals surface area (Å²) in [5.74, 6) is -1.39. The standard InChI is InChI=1S/C8H14N2O3.C7H14N2O3/c1-5-2-6(8(12)13)10(4-5)7(11)3-9;1-3-4-9(6(2)12-11)7(10)5-8/h5-6H,2-4,9H2,1H3,(H,12,13);11H,2-5,8H2,1H3/t5-,6?;/m1./s1. The predicted molar refractivity (Wildman–Crippen MR) is 89.9 cm³/mol.